The van der Waals surface area contributed by atoms with Crippen molar-refractivity contribution in [2.75, 3.05) is 19.6 Å². The number of nitriles is 1. The predicted molar refractivity (Wildman–Crippen MR) is 104 cm³/mol. The highest BCUT2D eigenvalue weighted by Gasteiger charge is 2.41. The highest BCUT2D eigenvalue weighted by atomic mass is 16.2. The van der Waals surface area contributed by atoms with Crippen LogP contribution in [0.4, 0.5) is 0 Å². The molecule has 4 rings (SSSR count). The number of H-pyrrole nitrogens is 1. The molecule has 3 N–H and O–H groups in total. The largest absolute Gasteiger partial charge is 0.329 e. The molecule has 2 aromatic rings. The smallest absolute Gasteiger partial charge is 0.315 e. The van der Waals surface area contributed by atoms with E-state index >= 15 is 0 Å². The fourth-order valence-electron chi connectivity index (χ4n) is 4.26. The van der Waals surface area contributed by atoms with Gasteiger partial charge in [-0.25, -0.2) is 4.79 Å². The second-order valence-corrected chi connectivity index (χ2v) is 8.09. The fraction of sp³-hybridized carbons (Fsp3) is 0.550. The summed E-state index contributed by atoms with van der Waals surface area (Å²) in [7, 11) is 0. The van der Waals surface area contributed by atoms with Gasteiger partial charge in [0.25, 0.3) is 5.56 Å². The number of nitrogens with zero attached hydrogens (tertiary/aromatic N) is 2. The first kappa shape index (κ1) is 18.0. The Hall–Kier alpha value is -2.43. The maximum absolute atomic E-state index is 12.5. The van der Waals surface area contributed by atoms with Gasteiger partial charge < -0.3 is 10.6 Å². The van der Waals surface area contributed by atoms with Crippen LogP contribution in [0.15, 0.2) is 21.7 Å². The van der Waals surface area contributed by atoms with Gasteiger partial charge in [-0.15, -0.1) is 0 Å². The van der Waals surface area contributed by atoms with Gasteiger partial charge in [0.05, 0.1) is 17.0 Å². The number of hydrogen-bond donors (Lipinski definition) is 3. The first-order valence-electron chi connectivity index (χ1n) is 9.55. The van der Waals surface area contributed by atoms with Crippen LogP contribution in [0, 0.1) is 23.7 Å². The second-order valence-electron chi connectivity index (χ2n) is 8.09. The highest BCUT2D eigenvalue weighted by Crippen LogP contribution is 2.41. The molecule has 1 aliphatic carbocycles. The van der Waals surface area contributed by atoms with E-state index in [1.165, 1.54) is 0 Å². The zero-order chi connectivity index (χ0) is 19.2. The molecule has 0 bridgehead atoms. The predicted octanol–water partition coefficient (Wildman–Crippen LogP) is 1.49. The molecule has 1 unspecified atom stereocenters. The Kier molecular flexibility index (Phi) is 4.41. The molecule has 142 valence electrons. The van der Waals surface area contributed by atoms with E-state index < -0.39 is 0 Å². The SMILES string of the molecule is Cc1c(C(NCCC#N)C2(C)CNC2)ccc2c(=O)[nH]c(=O)n(C3CC3)c12. The molecular formula is C20H25N5O2. The van der Waals surface area contributed by atoms with Gasteiger partial charge in [-0.1, -0.05) is 13.0 Å². The van der Waals surface area contributed by atoms with E-state index in [0.717, 1.165) is 42.6 Å². The number of rotatable bonds is 6. The van der Waals surface area contributed by atoms with Crippen LogP contribution in [-0.2, 0) is 0 Å². The summed E-state index contributed by atoms with van der Waals surface area (Å²) in [5.74, 6) is 0. The maximum Gasteiger partial charge on any atom is 0.329 e. The molecule has 1 aliphatic heterocycles. The van der Waals surface area contributed by atoms with Crippen molar-refractivity contribution in [1.82, 2.24) is 20.2 Å². The number of aromatic amines is 1. The Labute approximate surface area is 157 Å². The number of hydrogen-bond acceptors (Lipinski definition) is 5. The standard InChI is InChI=1S/C20H25N5O2/c1-12-14(17(23-9-3-8-21)20(2)10-22-11-20)6-7-15-16(12)25(13-4-5-13)19(27)24-18(15)26/h6-7,13,17,22-23H,3-5,9-11H2,1-2H3,(H,24,26,27). The van der Waals surface area contributed by atoms with Crippen molar-refractivity contribution < 1.29 is 0 Å². The van der Waals surface area contributed by atoms with Crippen molar-refractivity contribution in [3.8, 4) is 6.07 Å². The van der Waals surface area contributed by atoms with Crippen LogP contribution in [0.25, 0.3) is 10.9 Å². The van der Waals surface area contributed by atoms with Gasteiger partial charge in [-0.3, -0.25) is 14.3 Å². The van der Waals surface area contributed by atoms with Crippen LogP contribution in [0.1, 0.15) is 49.4 Å². The molecule has 1 saturated heterocycles. The summed E-state index contributed by atoms with van der Waals surface area (Å²) >= 11 is 0. The van der Waals surface area contributed by atoms with Gasteiger partial charge in [0, 0.05) is 43.6 Å². The Morgan fingerprint density at radius 3 is 2.70 bits per heavy atom. The van der Waals surface area contributed by atoms with Crippen LogP contribution in [0.5, 0.6) is 0 Å². The number of benzene rings is 1. The molecule has 27 heavy (non-hydrogen) atoms. The van der Waals surface area contributed by atoms with Gasteiger partial charge >= 0.3 is 5.69 Å². The zero-order valence-electron chi connectivity index (χ0n) is 15.8. The van der Waals surface area contributed by atoms with Gasteiger partial charge in [0.15, 0.2) is 0 Å². The molecule has 2 heterocycles. The van der Waals surface area contributed by atoms with Crippen molar-refractivity contribution in [2.45, 2.75) is 45.2 Å². The van der Waals surface area contributed by atoms with Gasteiger partial charge in [0.1, 0.15) is 0 Å². The molecule has 0 amide bonds. The minimum atomic E-state index is -0.327. The molecule has 2 aliphatic rings. The Morgan fingerprint density at radius 2 is 2.11 bits per heavy atom. The Balaban J connectivity index is 1.89. The Morgan fingerprint density at radius 1 is 1.37 bits per heavy atom. The third-order valence-electron chi connectivity index (χ3n) is 5.96. The average Bonchev–Trinajstić information content (AvgIpc) is 3.43. The van der Waals surface area contributed by atoms with Crippen LogP contribution < -0.4 is 21.9 Å². The summed E-state index contributed by atoms with van der Waals surface area (Å²) in [4.78, 5) is 27.3. The molecule has 0 spiro atoms. The summed E-state index contributed by atoms with van der Waals surface area (Å²) in [5.41, 5.74) is 2.22. The molecular weight excluding hydrogens is 342 g/mol. The summed E-state index contributed by atoms with van der Waals surface area (Å²) in [6.07, 6.45) is 2.38. The van der Waals surface area contributed by atoms with E-state index in [2.05, 4.69) is 28.6 Å². The normalized spacial score (nSPS) is 19.4. The van der Waals surface area contributed by atoms with E-state index in [0.29, 0.717) is 18.4 Å². The van der Waals surface area contributed by atoms with Crippen LogP contribution in [-0.4, -0.2) is 29.2 Å². The molecule has 1 aromatic heterocycles. The lowest BCUT2D eigenvalue weighted by Gasteiger charge is -2.46. The quantitative estimate of drug-likeness (QED) is 0.671. The third-order valence-corrected chi connectivity index (χ3v) is 5.96. The number of aromatic nitrogens is 2. The van der Waals surface area contributed by atoms with E-state index in [1.807, 2.05) is 19.1 Å². The van der Waals surface area contributed by atoms with Crippen LogP contribution in [0.3, 0.4) is 0 Å². The molecule has 0 radical (unpaired) electrons. The molecule has 1 saturated carbocycles. The maximum atomic E-state index is 12.5. The van der Waals surface area contributed by atoms with Gasteiger partial charge in [-0.05, 0) is 37.0 Å². The molecule has 7 heteroatoms. The first-order valence-corrected chi connectivity index (χ1v) is 9.55. The van der Waals surface area contributed by atoms with Crippen molar-refractivity contribution in [3.63, 3.8) is 0 Å². The van der Waals surface area contributed by atoms with Crippen molar-refractivity contribution in [1.29, 1.82) is 5.26 Å². The molecule has 1 aromatic carbocycles. The van der Waals surface area contributed by atoms with Crippen LogP contribution >= 0.6 is 0 Å². The summed E-state index contributed by atoms with van der Waals surface area (Å²) in [5, 5.41) is 16.4. The average molecular weight is 367 g/mol. The minimum absolute atomic E-state index is 0.0276. The van der Waals surface area contributed by atoms with Crippen molar-refractivity contribution >= 4 is 10.9 Å². The van der Waals surface area contributed by atoms with Crippen molar-refractivity contribution in [3.05, 3.63) is 44.1 Å². The van der Waals surface area contributed by atoms with Crippen molar-refractivity contribution in [2.24, 2.45) is 5.41 Å². The molecule has 7 nitrogen and oxygen atoms in total. The molecule has 1 atom stereocenters. The van der Waals surface area contributed by atoms with Gasteiger partial charge in [0.2, 0.25) is 0 Å². The molecule has 2 fully saturated rings. The van der Waals surface area contributed by atoms with E-state index in [1.54, 1.807) is 4.57 Å². The lowest BCUT2D eigenvalue weighted by Crippen LogP contribution is -2.58. The first-order chi connectivity index (χ1) is 13.0. The van der Waals surface area contributed by atoms with E-state index in [4.69, 9.17) is 5.26 Å². The van der Waals surface area contributed by atoms with E-state index in [-0.39, 0.29) is 28.7 Å². The summed E-state index contributed by atoms with van der Waals surface area (Å²) in [6, 6.07) is 6.25. The van der Waals surface area contributed by atoms with Crippen LogP contribution in [0.2, 0.25) is 0 Å². The monoisotopic (exact) mass is 367 g/mol. The summed E-state index contributed by atoms with van der Waals surface area (Å²) in [6.45, 7) is 6.62. The third kappa shape index (κ3) is 2.99. The minimum Gasteiger partial charge on any atom is -0.315 e. The topological polar surface area (TPSA) is 103 Å². The number of aryl methyl sites for hydroxylation is 1. The zero-order valence-corrected chi connectivity index (χ0v) is 15.8. The lowest BCUT2D eigenvalue weighted by molar-refractivity contribution is 0.127. The highest BCUT2D eigenvalue weighted by molar-refractivity contribution is 5.83. The summed E-state index contributed by atoms with van der Waals surface area (Å²) < 4.78 is 1.77. The lowest BCUT2D eigenvalue weighted by atomic mass is 9.72. The fourth-order valence-corrected chi connectivity index (χ4v) is 4.26. The Bertz CT molecular complexity index is 1040. The van der Waals surface area contributed by atoms with E-state index in [9.17, 15) is 9.59 Å². The van der Waals surface area contributed by atoms with Gasteiger partial charge in [-0.2, -0.15) is 5.26 Å². The number of nitrogens with one attached hydrogen (secondary N) is 3. The second kappa shape index (κ2) is 6.63. The number of fused-ring (bicyclic) bond motifs is 1.